The van der Waals surface area contributed by atoms with Gasteiger partial charge in [-0.25, -0.2) is 9.78 Å². The lowest BCUT2D eigenvalue weighted by atomic mass is 10.2. The zero-order valence-corrected chi connectivity index (χ0v) is 19.8. The van der Waals surface area contributed by atoms with Crippen LogP contribution in [0.2, 0.25) is 0 Å². The van der Waals surface area contributed by atoms with E-state index in [0.29, 0.717) is 12.4 Å². The minimum Gasteiger partial charge on any atom is -0.481 e. The lowest BCUT2D eigenvalue weighted by Gasteiger charge is -2.36. The molecule has 1 aromatic carbocycles. The molecule has 0 N–H and O–H groups in total. The Kier molecular flexibility index (Phi) is 6.10. The number of nitrogens with zero attached hydrogens (tertiary/aromatic N) is 6. The summed E-state index contributed by atoms with van der Waals surface area (Å²) in [7, 11) is 5.61. The molecular weight excluding hydrogens is 432 g/mol. The first-order chi connectivity index (χ1) is 16.5. The highest BCUT2D eigenvalue weighted by atomic mass is 16.6. The van der Waals surface area contributed by atoms with E-state index >= 15 is 0 Å². The van der Waals surface area contributed by atoms with Crippen molar-refractivity contribution in [1.29, 1.82) is 0 Å². The van der Waals surface area contributed by atoms with Crippen molar-refractivity contribution in [1.82, 2.24) is 14.9 Å². The summed E-state index contributed by atoms with van der Waals surface area (Å²) in [4.78, 5) is 30.1. The van der Waals surface area contributed by atoms with Gasteiger partial charge in [-0.3, -0.25) is 14.8 Å². The molecule has 4 heterocycles. The van der Waals surface area contributed by atoms with Crippen LogP contribution in [0, 0.1) is 0 Å². The van der Waals surface area contributed by atoms with Crippen LogP contribution in [0.25, 0.3) is 11.0 Å². The molecule has 34 heavy (non-hydrogen) atoms. The number of hydrogen-bond donors (Lipinski definition) is 0. The van der Waals surface area contributed by atoms with Crippen LogP contribution in [0.5, 0.6) is 5.88 Å². The molecule has 2 fully saturated rings. The van der Waals surface area contributed by atoms with Crippen molar-refractivity contribution in [3.05, 3.63) is 48.7 Å². The number of anilines is 3. The molecule has 1 atom stereocenters. The number of methoxy groups -OCH3 is 1. The smallest absolute Gasteiger partial charge is 0.414 e. The molecule has 0 radical (unpaired) electrons. The molecule has 9 nitrogen and oxygen atoms in total. The number of rotatable bonds is 6. The Bertz CT molecular complexity index is 1180. The number of aromatic nitrogens is 2. The number of carbonyl (C=O) groups is 1. The van der Waals surface area contributed by atoms with Crippen LogP contribution in [0.1, 0.15) is 0 Å². The summed E-state index contributed by atoms with van der Waals surface area (Å²) in [6, 6.07) is 13.8. The molecule has 0 aliphatic carbocycles. The fourth-order valence-electron chi connectivity index (χ4n) is 4.59. The second-order valence-corrected chi connectivity index (χ2v) is 8.87. The molecule has 9 heteroatoms. The fourth-order valence-corrected chi connectivity index (χ4v) is 4.59. The van der Waals surface area contributed by atoms with Gasteiger partial charge in [0.25, 0.3) is 0 Å². The predicted molar refractivity (Wildman–Crippen MR) is 133 cm³/mol. The molecule has 2 aliphatic heterocycles. The summed E-state index contributed by atoms with van der Waals surface area (Å²) in [5.74, 6) is 0.587. The first kappa shape index (κ1) is 22.2. The van der Waals surface area contributed by atoms with E-state index < -0.39 is 0 Å². The molecule has 1 unspecified atom stereocenters. The molecule has 5 rings (SSSR count). The number of amides is 1. The summed E-state index contributed by atoms with van der Waals surface area (Å²) >= 11 is 0. The van der Waals surface area contributed by atoms with E-state index in [1.54, 1.807) is 12.0 Å². The van der Waals surface area contributed by atoms with Gasteiger partial charge in [-0.1, -0.05) is 6.07 Å². The van der Waals surface area contributed by atoms with Crippen molar-refractivity contribution < 1.29 is 14.3 Å². The molecular formula is C25H30N6O3. The molecule has 1 amide bonds. The van der Waals surface area contributed by atoms with Crippen LogP contribution >= 0.6 is 0 Å². The van der Waals surface area contributed by atoms with Gasteiger partial charge in [-0.15, -0.1) is 0 Å². The van der Waals surface area contributed by atoms with Crippen LogP contribution in [-0.4, -0.2) is 87.5 Å². The van der Waals surface area contributed by atoms with Gasteiger partial charge in [-0.2, -0.15) is 0 Å². The number of cyclic esters (lactones) is 1. The van der Waals surface area contributed by atoms with Gasteiger partial charge in [0.15, 0.2) is 0 Å². The van der Waals surface area contributed by atoms with Crippen molar-refractivity contribution in [2.45, 2.75) is 6.10 Å². The predicted octanol–water partition coefficient (Wildman–Crippen LogP) is 2.85. The third-order valence-corrected chi connectivity index (χ3v) is 6.45. The second-order valence-electron chi connectivity index (χ2n) is 8.87. The van der Waals surface area contributed by atoms with E-state index in [1.807, 2.05) is 67.7 Å². The fraction of sp³-hybridized carbons (Fsp3) is 0.400. The van der Waals surface area contributed by atoms with Crippen molar-refractivity contribution in [2.75, 3.05) is 75.2 Å². The van der Waals surface area contributed by atoms with E-state index in [-0.39, 0.29) is 12.2 Å². The Morgan fingerprint density at radius 3 is 2.71 bits per heavy atom. The molecule has 2 aromatic heterocycles. The highest BCUT2D eigenvalue weighted by Crippen LogP contribution is 2.28. The number of ether oxygens (including phenoxy) is 2. The maximum absolute atomic E-state index is 12.6. The van der Waals surface area contributed by atoms with Crippen LogP contribution in [0.3, 0.4) is 0 Å². The SMILES string of the molecule is COc1ccc2nccc(N3CCN(CC4CN(c5cccc(N(C)C)c5)C(=O)O4)CC3)c2n1. The lowest BCUT2D eigenvalue weighted by molar-refractivity contribution is 0.106. The zero-order valence-electron chi connectivity index (χ0n) is 19.8. The maximum atomic E-state index is 12.6. The zero-order chi connectivity index (χ0) is 23.7. The van der Waals surface area contributed by atoms with Gasteiger partial charge in [0, 0.05) is 70.5 Å². The normalized spacial score (nSPS) is 18.9. The molecule has 0 bridgehead atoms. The Morgan fingerprint density at radius 2 is 1.94 bits per heavy atom. The Labute approximate surface area is 199 Å². The van der Waals surface area contributed by atoms with Crippen LogP contribution < -0.4 is 19.4 Å². The molecule has 2 saturated heterocycles. The summed E-state index contributed by atoms with van der Waals surface area (Å²) < 4.78 is 11.0. The number of pyridine rings is 2. The van der Waals surface area contributed by atoms with Gasteiger partial charge in [0.2, 0.25) is 5.88 Å². The number of fused-ring (bicyclic) bond motifs is 1. The van der Waals surface area contributed by atoms with Crippen molar-refractivity contribution in [2.24, 2.45) is 0 Å². The van der Waals surface area contributed by atoms with Crippen LogP contribution in [0.4, 0.5) is 21.9 Å². The Balaban J connectivity index is 1.21. The number of hydrogen-bond acceptors (Lipinski definition) is 8. The third kappa shape index (κ3) is 4.43. The van der Waals surface area contributed by atoms with Crippen LogP contribution in [0.15, 0.2) is 48.7 Å². The van der Waals surface area contributed by atoms with Crippen molar-refractivity contribution >= 4 is 34.2 Å². The van der Waals surface area contributed by atoms with Gasteiger partial charge in [0.1, 0.15) is 11.6 Å². The van der Waals surface area contributed by atoms with E-state index in [0.717, 1.165) is 60.8 Å². The Morgan fingerprint density at radius 1 is 1.12 bits per heavy atom. The average molecular weight is 463 g/mol. The molecule has 0 spiro atoms. The van der Waals surface area contributed by atoms with E-state index in [4.69, 9.17) is 9.47 Å². The van der Waals surface area contributed by atoms with Gasteiger partial charge < -0.3 is 19.3 Å². The first-order valence-corrected chi connectivity index (χ1v) is 11.5. The summed E-state index contributed by atoms with van der Waals surface area (Å²) in [5.41, 5.74) is 4.71. The van der Waals surface area contributed by atoms with Crippen LogP contribution in [-0.2, 0) is 4.74 Å². The highest BCUT2D eigenvalue weighted by molar-refractivity contribution is 5.90. The average Bonchev–Trinajstić information content (AvgIpc) is 3.23. The summed E-state index contributed by atoms with van der Waals surface area (Å²) in [6.45, 7) is 4.80. The second kappa shape index (κ2) is 9.34. The van der Waals surface area contributed by atoms with Gasteiger partial charge >= 0.3 is 6.09 Å². The number of benzene rings is 1. The van der Waals surface area contributed by atoms with E-state index in [9.17, 15) is 4.79 Å². The topological polar surface area (TPSA) is 74.3 Å². The minimum absolute atomic E-state index is 0.144. The van der Waals surface area contributed by atoms with Gasteiger partial charge in [-0.05, 0) is 30.3 Å². The maximum Gasteiger partial charge on any atom is 0.414 e. The summed E-state index contributed by atoms with van der Waals surface area (Å²) in [5, 5.41) is 0. The van der Waals surface area contributed by atoms with Crippen molar-refractivity contribution in [3.8, 4) is 5.88 Å². The third-order valence-electron chi connectivity index (χ3n) is 6.45. The van der Waals surface area contributed by atoms with E-state index in [2.05, 4.69) is 19.8 Å². The molecule has 3 aromatic rings. The largest absolute Gasteiger partial charge is 0.481 e. The quantitative estimate of drug-likeness (QED) is 0.554. The summed E-state index contributed by atoms with van der Waals surface area (Å²) in [6.07, 6.45) is 1.41. The molecule has 0 saturated carbocycles. The van der Waals surface area contributed by atoms with Gasteiger partial charge in [0.05, 0.1) is 24.9 Å². The lowest BCUT2D eigenvalue weighted by Crippen LogP contribution is -2.49. The highest BCUT2D eigenvalue weighted by Gasteiger charge is 2.34. The number of piperazine rings is 1. The minimum atomic E-state index is -0.275. The van der Waals surface area contributed by atoms with Crippen molar-refractivity contribution in [3.63, 3.8) is 0 Å². The molecule has 2 aliphatic rings. The molecule has 178 valence electrons. The monoisotopic (exact) mass is 462 g/mol. The number of carbonyl (C=O) groups excluding carboxylic acids is 1. The first-order valence-electron chi connectivity index (χ1n) is 11.5. The standard InChI is InChI=1S/C25H30N6O3/c1-28(2)18-5-4-6-19(15-18)31-17-20(34-25(31)32)16-29-11-13-30(14-12-29)22-9-10-26-21-7-8-23(33-3)27-24(21)22/h4-10,15,20H,11-14,16-17H2,1-3H3. The van der Waals surface area contributed by atoms with E-state index in [1.165, 1.54) is 0 Å². The Hall–Kier alpha value is -3.59.